The fourth-order valence-corrected chi connectivity index (χ4v) is 2.11. The Labute approximate surface area is 99.4 Å². The molecule has 0 aromatic heterocycles. The van der Waals surface area contributed by atoms with Crippen molar-refractivity contribution in [3.8, 4) is 5.75 Å². The van der Waals surface area contributed by atoms with E-state index >= 15 is 0 Å². The average molecular weight is 244 g/mol. The number of benzene rings is 1. The summed E-state index contributed by atoms with van der Waals surface area (Å²) in [6.07, 6.45) is 0. The molecule has 0 radical (unpaired) electrons. The standard InChI is InChI=1S/C11H14ClNOS/c1-8(6-12)7-15-11-4-3-9(13)5-10(11)14-2/h3-6H,7,13H2,1-2H3/b8-6+. The van der Waals surface area contributed by atoms with E-state index in [-0.39, 0.29) is 0 Å². The maximum atomic E-state index is 5.66. The minimum absolute atomic E-state index is 0.709. The molecule has 82 valence electrons. The van der Waals surface area contributed by atoms with E-state index in [0.717, 1.165) is 22.0 Å². The zero-order chi connectivity index (χ0) is 11.3. The van der Waals surface area contributed by atoms with Gasteiger partial charge in [-0.1, -0.05) is 17.2 Å². The highest BCUT2D eigenvalue weighted by atomic mass is 35.5. The van der Waals surface area contributed by atoms with E-state index in [0.29, 0.717) is 5.69 Å². The zero-order valence-corrected chi connectivity index (χ0v) is 10.4. The van der Waals surface area contributed by atoms with Crippen molar-refractivity contribution in [1.29, 1.82) is 0 Å². The van der Waals surface area contributed by atoms with E-state index in [9.17, 15) is 0 Å². The molecule has 2 N–H and O–H groups in total. The van der Waals surface area contributed by atoms with Gasteiger partial charge in [-0.25, -0.2) is 0 Å². The van der Waals surface area contributed by atoms with E-state index in [1.165, 1.54) is 0 Å². The van der Waals surface area contributed by atoms with Gasteiger partial charge in [-0.05, 0) is 19.1 Å². The van der Waals surface area contributed by atoms with E-state index in [1.807, 2.05) is 25.1 Å². The molecule has 0 atom stereocenters. The van der Waals surface area contributed by atoms with Crippen LogP contribution in [0, 0.1) is 0 Å². The van der Waals surface area contributed by atoms with Crippen LogP contribution in [0.4, 0.5) is 5.69 Å². The molecular weight excluding hydrogens is 230 g/mol. The molecule has 0 aliphatic rings. The third kappa shape index (κ3) is 3.68. The molecule has 0 saturated heterocycles. The normalized spacial score (nSPS) is 11.5. The van der Waals surface area contributed by atoms with Crippen molar-refractivity contribution in [2.75, 3.05) is 18.6 Å². The van der Waals surface area contributed by atoms with Crippen LogP contribution in [0.3, 0.4) is 0 Å². The van der Waals surface area contributed by atoms with Crippen molar-refractivity contribution in [3.63, 3.8) is 0 Å². The third-order valence-corrected chi connectivity index (χ3v) is 3.45. The van der Waals surface area contributed by atoms with Gasteiger partial charge >= 0.3 is 0 Å². The molecule has 0 amide bonds. The van der Waals surface area contributed by atoms with Crippen LogP contribution in [0.5, 0.6) is 5.75 Å². The van der Waals surface area contributed by atoms with Gasteiger partial charge in [0.2, 0.25) is 0 Å². The molecule has 4 heteroatoms. The predicted octanol–water partition coefficient (Wildman–Crippen LogP) is 3.51. The van der Waals surface area contributed by atoms with Crippen LogP contribution in [0.2, 0.25) is 0 Å². The highest BCUT2D eigenvalue weighted by molar-refractivity contribution is 7.99. The van der Waals surface area contributed by atoms with Crippen LogP contribution >= 0.6 is 23.4 Å². The quantitative estimate of drug-likeness (QED) is 0.649. The lowest BCUT2D eigenvalue weighted by Crippen LogP contribution is -1.91. The number of methoxy groups -OCH3 is 1. The Kier molecular flexibility index (Phi) is 4.85. The zero-order valence-electron chi connectivity index (χ0n) is 8.79. The Bertz CT molecular complexity index is 366. The summed E-state index contributed by atoms with van der Waals surface area (Å²) < 4.78 is 5.24. The SMILES string of the molecule is COc1cc(N)ccc1SC/C(C)=C/Cl. The average Bonchev–Trinajstić information content (AvgIpc) is 2.26. The lowest BCUT2D eigenvalue weighted by molar-refractivity contribution is 0.405. The summed E-state index contributed by atoms with van der Waals surface area (Å²) >= 11 is 7.27. The van der Waals surface area contributed by atoms with Gasteiger partial charge in [-0.15, -0.1) is 11.8 Å². The Morgan fingerprint density at radius 3 is 2.93 bits per heavy atom. The molecular formula is C11H14ClNOS. The number of nitrogens with two attached hydrogens (primary N) is 1. The molecule has 2 nitrogen and oxygen atoms in total. The summed E-state index contributed by atoms with van der Waals surface area (Å²) in [5.41, 5.74) is 9.09. The molecule has 0 spiro atoms. The van der Waals surface area contributed by atoms with Gasteiger partial charge in [-0.3, -0.25) is 0 Å². The number of nitrogen functional groups attached to an aromatic ring is 1. The number of halogens is 1. The Hall–Kier alpha value is -0.800. The molecule has 15 heavy (non-hydrogen) atoms. The van der Waals surface area contributed by atoms with E-state index in [2.05, 4.69) is 0 Å². The first-order valence-corrected chi connectivity index (χ1v) is 5.91. The fourth-order valence-electron chi connectivity index (χ4n) is 1.03. The monoisotopic (exact) mass is 243 g/mol. The number of hydrogen-bond acceptors (Lipinski definition) is 3. The van der Waals surface area contributed by atoms with Gasteiger partial charge in [0.05, 0.1) is 7.11 Å². The van der Waals surface area contributed by atoms with Crippen molar-refractivity contribution < 1.29 is 4.74 Å². The van der Waals surface area contributed by atoms with Gasteiger partial charge in [0.15, 0.2) is 0 Å². The van der Waals surface area contributed by atoms with Gasteiger partial charge in [0.25, 0.3) is 0 Å². The molecule has 0 aliphatic carbocycles. The second kappa shape index (κ2) is 5.93. The van der Waals surface area contributed by atoms with Crippen LogP contribution < -0.4 is 10.5 Å². The van der Waals surface area contributed by atoms with E-state index in [1.54, 1.807) is 24.4 Å². The first kappa shape index (κ1) is 12.3. The molecule has 0 aliphatic heterocycles. The molecule has 0 fully saturated rings. The van der Waals surface area contributed by atoms with Gasteiger partial charge in [-0.2, -0.15) is 0 Å². The van der Waals surface area contributed by atoms with Gasteiger partial charge in [0.1, 0.15) is 5.75 Å². The van der Waals surface area contributed by atoms with Crippen LogP contribution in [0.1, 0.15) is 6.92 Å². The molecule has 0 bridgehead atoms. The summed E-state index contributed by atoms with van der Waals surface area (Å²) in [5, 5.41) is 0. The second-order valence-corrected chi connectivity index (χ2v) is 4.39. The van der Waals surface area contributed by atoms with Crippen LogP contribution in [0.25, 0.3) is 0 Å². The summed E-state index contributed by atoms with van der Waals surface area (Å²) in [6, 6.07) is 5.65. The van der Waals surface area contributed by atoms with E-state index in [4.69, 9.17) is 22.1 Å². The topological polar surface area (TPSA) is 35.2 Å². The maximum absolute atomic E-state index is 5.66. The maximum Gasteiger partial charge on any atom is 0.134 e. The van der Waals surface area contributed by atoms with Crippen molar-refractivity contribution >= 4 is 29.1 Å². The molecule has 0 heterocycles. The first-order valence-electron chi connectivity index (χ1n) is 4.49. The summed E-state index contributed by atoms with van der Waals surface area (Å²) in [5.74, 6) is 1.66. The number of ether oxygens (including phenoxy) is 1. The number of anilines is 1. The minimum Gasteiger partial charge on any atom is -0.496 e. The van der Waals surface area contributed by atoms with Crippen LogP contribution in [-0.4, -0.2) is 12.9 Å². The van der Waals surface area contributed by atoms with Gasteiger partial charge in [0, 0.05) is 27.9 Å². The first-order chi connectivity index (χ1) is 7.17. The smallest absolute Gasteiger partial charge is 0.134 e. The molecule has 1 rings (SSSR count). The van der Waals surface area contributed by atoms with Gasteiger partial charge < -0.3 is 10.5 Å². The minimum atomic E-state index is 0.709. The predicted molar refractivity (Wildman–Crippen MR) is 67.7 cm³/mol. The van der Waals surface area contributed by atoms with Crippen LogP contribution in [0.15, 0.2) is 34.2 Å². The highest BCUT2D eigenvalue weighted by Gasteiger charge is 2.03. The third-order valence-electron chi connectivity index (χ3n) is 1.83. The lowest BCUT2D eigenvalue weighted by atomic mass is 10.3. The summed E-state index contributed by atoms with van der Waals surface area (Å²) in [4.78, 5) is 1.07. The van der Waals surface area contributed by atoms with Crippen LogP contribution in [-0.2, 0) is 0 Å². The highest BCUT2D eigenvalue weighted by Crippen LogP contribution is 2.31. The molecule has 1 aromatic rings. The number of thioether (sulfide) groups is 1. The largest absolute Gasteiger partial charge is 0.496 e. The van der Waals surface area contributed by atoms with Crippen molar-refractivity contribution in [2.45, 2.75) is 11.8 Å². The second-order valence-electron chi connectivity index (χ2n) is 3.15. The number of rotatable bonds is 4. The fraction of sp³-hybridized carbons (Fsp3) is 0.273. The Balaban J connectivity index is 2.76. The summed E-state index contributed by atoms with van der Waals surface area (Å²) in [7, 11) is 1.64. The lowest BCUT2D eigenvalue weighted by Gasteiger charge is -2.08. The molecule has 1 aromatic carbocycles. The van der Waals surface area contributed by atoms with Crippen molar-refractivity contribution in [2.24, 2.45) is 0 Å². The Morgan fingerprint density at radius 1 is 1.60 bits per heavy atom. The molecule has 0 unspecified atom stereocenters. The number of hydrogen-bond donors (Lipinski definition) is 1. The van der Waals surface area contributed by atoms with E-state index < -0.39 is 0 Å². The Morgan fingerprint density at radius 2 is 2.33 bits per heavy atom. The van der Waals surface area contributed by atoms with Crippen molar-refractivity contribution in [1.82, 2.24) is 0 Å². The van der Waals surface area contributed by atoms with Crippen molar-refractivity contribution in [3.05, 3.63) is 29.3 Å². The summed E-state index contributed by atoms with van der Waals surface area (Å²) in [6.45, 7) is 1.99. The molecule has 0 saturated carbocycles.